The standard InChI is InChI=1S/C77H150O17P2/c1-8-10-11-12-13-27-37-44-51-58-74(79)87-64-72(94-77(82)61-54-47-40-33-26-29-35-42-49-56-69(5)6)66-91-95(83,84)89-62-71(78)63-90-96(85,86)92-67-73(65-88-75(80)59-52-45-38-31-25-24-28-34-41-48-55-68(3)4)93-76(81)60-53-46-39-32-23-21-19-17-15-14-16-18-20-22-30-36-43-50-57-70(7)9-2/h68-73,78H,8-67H2,1-7H3,(H,83,84)(H,85,86)/t70?,71-,72+,73+/m0/s1. The molecule has 0 rings (SSSR count). The molecule has 0 fully saturated rings. The van der Waals surface area contributed by atoms with E-state index in [9.17, 15) is 43.2 Å². The summed E-state index contributed by atoms with van der Waals surface area (Å²) in [6.45, 7) is 11.9. The normalized spacial score (nSPS) is 14.3. The van der Waals surface area contributed by atoms with Gasteiger partial charge in [0, 0.05) is 25.7 Å². The number of phosphoric acid groups is 2. The summed E-state index contributed by atoms with van der Waals surface area (Å²) in [7, 11) is -9.91. The van der Waals surface area contributed by atoms with E-state index in [1.54, 1.807) is 0 Å². The lowest BCUT2D eigenvalue weighted by Gasteiger charge is -2.21. The fourth-order valence-electron chi connectivity index (χ4n) is 11.7. The number of phosphoric ester groups is 2. The number of unbranched alkanes of at least 4 members (excludes halogenated alkanes) is 42. The molecule has 0 bridgehead atoms. The van der Waals surface area contributed by atoms with Gasteiger partial charge in [-0.1, -0.05) is 344 Å². The predicted octanol–water partition coefficient (Wildman–Crippen LogP) is 22.6. The van der Waals surface area contributed by atoms with Crippen molar-refractivity contribution in [3.63, 3.8) is 0 Å². The molecule has 0 aromatic rings. The van der Waals surface area contributed by atoms with E-state index >= 15 is 0 Å². The van der Waals surface area contributed by atoms with Crippen LogP contribution in [0.25, 0.3) is 0 Å². The van der Waals surface area contributed by atoms with Crippen molar-refractivity contribution in [3.8, 4) is 0 Å². The van der Waals surface area contributed by atoms with E-state index < -0.39 is 97.5 Å². The molecule has 6 atom stereocenters. The highest BCUT2D eigenvalue weighted by atomic mass is 31.2. The molecule has 0 amide bonds. The van der Waals surface area contributed by atoms with Gasteiger partial charge in [-0.05, 0) is 43.4 Å². The number of esters is 4. The van der Waals surface area contributed by atoms with Crippen molar-refractivity contribution in [1.29, 1.82) is 0 Å². The first kappa shape index (κ1) is 94.1. The van der Waals surface area contributed by atoms with Crippen LogP contribution < -0.4 is 0 Å². The van der Waals surface area contributed by atoms with Crippen molar-refractivity contribution < 1.29 is 80.2 Å². The molecule has 0 radical (unpaired) electrons. The number of aliphatic hydroxyl groups excluding tert-OH is 1. The van der Waals surface area contributed by atoms with Crippen LogP contribution in [-0.2, 0) is 65.4 Å². The number of rotatable bonds is 75. The highest BCUT2D eigenvalue weighted by molar-refractivity contribution is 7.47. The van der Waals surface area contributed by atoms with Crippen LogP contribution in [0.1, 0.15) is 395 Å². The fourth-order valence-corrected chi connectivity index (χ4v) is 13.3. The molecule has 3 N–H and O–H groups in total. The molecular weight excluding hydrogens is 1260 g/mol. The fraction of sp³-hybridized carbons (Fsp3) is 0.948. The molecular formula is C77H150O17P2. The summed E-state index contributed by atoms with van der Waals surface area (Å²) in [4.78, 5) is 72.7. The summed E-state index contributed by atoms with van der Waals surface area (Å²) in [5, 5.41) is 10.6. The molecule has 0 aliphatic rings. The van der Waals surface area contributed by atoms with Crippen LogP contribution in [0.4, 0.5) is 0 Å². The summed E-state index contributed by atoms with van der Waals surface area (Å²) in [6.07, 6.45) is 54.2. The number of hydrogen-bond acceptors (Lipinski definition) is 15. The lowest BCUT2D eigenvalue weighted by molar-refractivity contribution is -0.161. The molecule has 0 aromatic heterocycles. The van der Waals surface area contributed by atoms with Gasteiger partial charge < -0.3 is 33.8 Å². The van der Waals surface area contributed by atoms with Gasteiger partial charge in [0.1, 0.15) is 19.3 Å². The average Bonchev–Trinajstić information content (AvgIpc) is 1.14. The molecule has 3 unspecified atom stereocenters. The van der Waals surface area contributed by atoms with Crippen molar-refractivity contribution in [2.24, 2.45) is 17.8 Å². The average molecular weight is 1410 g/mol. The van der Waals surface area contributed by atoms with Gasteiger partial charge in [-0.3, -0.25) is 37.3 Å². The minimum absolute atomic E-state index is 0.105. The van der Waals surface area contributed by atoms with Gasteiger partial charge in [0.25, 0.3) is 0 Å². The second-order valence-electron chi connectivity index (χ2n) is 28.9. The van der Waals surface area contributed by atoms with Crippen LogP contribution in [0.5, 0.6) is 0 Å². The van der Waals surface area contributed by atoms with Crippen molar-refractivity contribution in [3.05, 3.63) is 0 Å². The van der Waals surface area contributed by atoms with Crippen molar-refractivity contribution >= 4 is 39.5 Å². The molecule has 0 aliphatic heterocycles. The second kappa shape index (κ2) is 67.5. The topological polar surface area (TPSA) is 237 Å². The smallest absolute Gasteiger partial charge is 0.462 e. The Morgan fingerprint density at radius 1 is 0.302 bits per heavy atom. The minimum Gasteiger partial charge on any atom is -0.462 e. The van der Waals surface area contributed by atoms with E-state index in [-0.39, 0.29) is 25.7 Å². The lowest BCUT2D eigenvalue weighted by atomic mass is 9.99. The highest BCUT2D eigenvalue weighted by Crippen LogP contribution is 2.45. The number of carbonyl (C=O) groups is 4. The molecule has 570 valence electrons. The maximum Gasteiger partial charge on any atom is 0.472 e. The first-order chi connectivity index (χ1) is 46.3. The quantitative estimate of drug-likeness (QED) is 0.0222. The largest absolute Gasteiger partial charge is 0.472 e. The Morgan fingerprint density at radius 2 is 0.531 bits per heavy atom. The lowest BCUT2D eigenvalue weighted by Crippen LogP contribution is -2.30. The van der Waals surface area contributed by atoms with E-state index in [0.717, 1.165) is 108 Å². The van der Waals surface area contributed by atoms with E-state index in [2.05, 4.69) is 48.5 Å². The van der Waals surface area contributed by atoms with E-state index in [1.807, 2.05) is 0 Å². The molecule has 96 heavy (non-hydrogen) atoms. The maximum absolute atomic E-state index is 13.1. The van der Waals surface area contributed by atoms with E-state index in [0.29, 0.717) is 25.7 Å². The third-order valence-electron chi connectivity index (χ3n) is 18.2. The first-order valence-corrected chi connectivity index (χ1v) is 42.9. The van der Waals surface area contributed by atoms with Crippen LogP contribution in [0.2, 0.25) is 0 Å². The van der Waals surface area contributed by atoms with Crippen LogP contribution >= 0.6 is 15.6 Å². The number of carbonyl (C=O) groups excluding carboxylic acids is 4. The van der Waals surface area contributed by atoms with Crippen LogP contribution in [0.3, 0.4) is 0 Å². The Morgan fingerprint density at radius 3 is 0.792 bits per heavy atom. The summed E-state index contributed by atoms with van der Waals surface area (Å²) in [6, 6.07) is 0. The molecule has 0 saturated heterocycles. The predicted molar refractivity (Wildman–Crippen MR) is 391 cm³/mol. The van der Waals surface area contributed by atoms with Gasteiger partial charge in [0.05, 0.1) is 26.4 Å². The van der Waals surface area contributed by atoms with E-state index in [4.69, 9.17) is 37.0 Å². The maximum atomic E-state index is 13.1. The van der Waals surface area contributed by atoms with Gasteiger partial charge in [-0.2, -0.15) is 0 Å². The number of hydrogen-bond donors (Lipinski definition) is 3. The molecule has 17 nitrogen and oxygen atoms in total. The molecule has 0 spiro atoms. The first-order valence-electron chi connectivity index (χ1n) is 39.9. The van der Waals surface area contributed by atoms with Crippen LogP contribution in [0.15, 0.2) is 0 Å². The summed E-state index contributed by atoms with van der Waals surface area (Å²) in [5.41, 5.74) is 0. The third-order valence-corrected chi connectivity index (χ3v) is 20.1. The summed E-state index contributed by atoms with van der Waals surface area (Å²) >= 11 is 0. The Labute approximate surface area is 588 Å². The molecule has 19 heteroatoms. The highest BCUT2D eigenvalue weighted by Gasteiger charge is 2.30. The SMILES string of the molecule is CCCCCCCCCCCC(=O)OC[C@H](COP(=O)(O)OC[C@H](O)COP(=O)(O)OC[C@@H](COC(=O)CCCCCCCCCCCCC(C)C)OC(=O)CCCCCCCCCCCCCCCCCCCCC(C)CC)OC(=O)CCCCCCCCCCCC(C)C. The Hall–Kier alpha value is -1.94. The van der Waals surface area contributed by atoms with Gasteiger partial charge in [0.15, 0.2) is 12.2 Å². The Balaban J connectivity index is 5.18. The molecule has 0 aliphatic carbocycles. The zero-order valence-electron chi connectivity index (χ0n) is 62.8. The summed E-state index contributed by atoms with van der Waals surface area (Å²) < 4.78 is 68.5. The van der Waals surface area contributed by atoms with E-state index in [1.165, 1.54) is 205 Å². The van der Waals surface area contributed by atoms with Crippen LogP contribution in [-0.4, -0.2) is 96.7 Å². The van der Waals surface area contributed by atoms with Gasteiger partial charge in [0.2, 0.25) is 0 Å². The number of ether oxygens (including phenoxy) is 4. The van der Waals surface area contributed by atoms with Gasteiger partial charge >= 0.3 is 39.5 Å². The second-order valence-corrected chi connectivity index (χ2v) is 31.8. The van der Waals surface area contributed by atoms with Crippen molar-refractivity contribution in [2.45, 2.75) is 414 Å². The Bertz CT molecular complexity index is 1870. The molecule has 0 saturated carbocycles. The molecule has 0 heterocycles. The zero-order chi connectivity index (χ0) is 70.9. The van der Waals surface area contributed by atoms with Gasteiger partial charge in [-0.25, -0.2) is 9.13 Å². The van der Waals surface area contributed by atoms with Crippen molar-refractivity contribution in [1.82, 2.24) is 0 Å². The molecule has 0 aromatic carbocycles. The van der Waals surface area contributed by atoms with Crippen molar-refractivity contribution in [2.75, 3.05) is 39.6 Å². The zero-order valence-corrected chi connectivity index (χ0v) is 64.6. The third kappa shape index (κ3) is 69.2. The van der Waals surface area contributed by atoms with Gasteiger partial charge in [-0.15, -0.1) is 0 Å². The monoisotopic (exact) mass is 1410 g/mol. The Kier molecular flexibility index (Phi) is 66.2. The summed E-state index contributed by atoms with van der Waals surface area (Å²) in [5.74, 6) is 0.247. The number of aliphatic hydroxyl groups is 1. The van der Waals surface area contributed by atoms with Crippen LogP contribution in [0, 0.1) is 17.8 Å². The minimum atomic E-state index is -4.96.